The average Bonchev–Trinajstić information content (AvgIpc) is 2.46. The Morgan fingerprint density at radius 1 is 1.20 bits per heavy atom. The second kappa shape index (κ2) is 5.75. The number of Topliss-reactive ketones (excluding diaryl/α,β-unsaturated/α-hetero) is 1. The Labute approximate surface area is 118 Å². The van der Waals surface area contributed by atoms with E-state index in [1.807, 2.05) is 44.2 Å². The molecule has 0 aliphatic carbocycles. The Hall–Kier alpha value is -2.33. The van der Waals surface area contributed by atoms with Crippen molar-refractivity contribution in [3.8, 4) is 16.9 Å². The van der Waals surface area contributed by atoms with E-state index in [9.17, 15) is 4.79 Å². The molecule has 0 heterocycles. The van der Waals surface area contributed by atoms with E-state index in [0.717, 1.165) is 22.4 Å². The van der Waals surface area contributed by atoms with E-state index in [4.69, 9.17) is 16.5 Å². The molecular weight excluding hydrogens is 252 g/mol. The fourth-order valence-electron chi connectivity index (χ4n) is 2.22. The predicted molar refractivity (Wildman–Crippen MR) is 80.5 cm³/mol. The van der Waals surface area contributed by atoms with E-state index >= 15 is 0 Å². The number of rotatable bonds is 4. The predicted octanol–water partition coefficient (Wildman–Crippen LogP) is 3.09. The van der Waals surface area contributed by atoms with Crippen LogP contribution >= 0.6 is 0 Å². The van der Waals surface area contributed by atoms with E-state index in [0.29, 0.717) is 17.7 Å². The van der Waals surface area contributed by atoms with Crippen LogP contribution in [0.4, 0.5) is 5.69 Å². The van der Waals surface area contributed by atoms with Crippen molar-refractivity contribution in [3.63, 3.8) is 0 Å². The standard InChI is InChI=1S/C16H18N2O2/c1-3-15(19)14-9-11(4-7-16(14)20-18)13-6-5-12(17)8-10(13)2/h4-9H,3,17-18H2,1-2H3. The fourth-order valence-corrected chi connectivity index (χ4v) is 2.22. The first-order chi connectivity index (χ1) is 9.56. The summed E-state index contributed by atoms with van der Waals surface area (Å²) in [6.45, 7) is 3.80. The van der Waals surface area contributed by atoms with Gasteiger partial charge in [0.2, 0.25) is 0 Å². The van der Waals surface area contributed by atoms with Crippen LogP contribution in [0.1, 0.15) is 29.3 Å². The molecule has 0 saturated carbocycles. The maximum absolute atomic E-state index is 12.0. The summed E-state index contributed by atoms with van der Waals surface area (Å²) in [7, 11) is 0. The highest BCUT2D eigenvalue weighted by Gasteiger charge is 2.13. The van der Waals surface area contributed by atoms with Gasteiger partial charge in [0, 0.05) is 12.1 Å². The number of aryl methyl sites for hydroxylation is 1. The Morgan fingerprint density at radius 2 is 1.95 bits per heavy atom. The lowest BCUT2D eigenvalue weighted by Gasteiger charge is -2.11. The van der Waals surface area contributed by atoms with Crippen LogP contribution in [-0.4, -0.2) is 5.78 Å². The summed E-state index contributed by atoms with van der Waals surface area (Å²) in [5.41, 5.74) is 10.0. The minimum absolute atomic E-state index is 0.000369. The van der Waals surface area contributed by atoms with Gasteiger partial charge in [0.15, 0.2) is 11.5 Å². The molecule has 4 N–H and O–H groups in total. The third-order valence-corrected chi connectivity index (χ3v) is 3.29. The van der Waals surface area contributed by atoms with Crippen molar-refractivity contribution < 1.29 is 9.63 Å². The van der Waals surface area contributed by atoms with Crippen LogP contribution < -0.4 is 16.5 Å². The van der Waals surface area contributed by atoms with Crippen molar-refractivity contribution in [2.24, 2.45) is 5.90 Å². The van der Waals surface area contributed by atoms with Crippen LogP contribution in [0.2, 0.25) is 0 Å². The lowest BCUT2D eigenvalue weighted by molar-refractivity contribution is 0.0984. The zero-order valence-corrected chi connectivity index (χ0v) is 11.6. The SMILES string of the molecule is CCC(=O)c1cc(-c2ccc(N)cc2C)ccc1ON. The van der Waals surface area contributed by atoms with Gasteiger partial charge in [-0.15, -0.1) is 0 Å². The molecule has 0 unspecified atom stereocenters. The molecule has 2 aromatic carbocycles. The van der Waals surface area contributed by atoms with Crippen LogP contribution in [0.15, 0.2) is 36.4 Å². The Kier molecular flexibility index (Phi) is 4.05. The van der Waals surface area contributed by atoms with Crippen LogP contribution in [-0.2, 0) is 0 Å². The molecule has 0 amide bonds. The second-order valence-corrected chi connectivity index (χ2v) is 4.68. The van der Waals surface area contributed by atoms with Gasteiger partial charge in [0.1, 0.15) is 0 Å². The van der Waals surface area contributed by atoms with Gasteiger partial charge in [-0.1, -0.05) is 19.1 Å². The molecule has 0 atom stereocenters. The first-order valence-corrected chi connectivity index (χ1v) is 6.47. The largest absolute Gasteiger partial charge is 0.411 e. The molecule has 0 aliphatic rings. The fraction of sp³-hybridized carbons (Fsp3) is 0.188. The summed E-state index contributed by atoms with van der Waals surface area (Å²) < 4.78 is 0. The molecule has 0 saturated heterocycles. The number of anilines is 1. The minimum atomic E-state index is 0.000369. The van der Waals surface area contributed by atoms with Crippen LogP contribution in [0.25, 0.3) is 11.1 Å². The normalized spacial score (nSPS) is 10.3. The van der Waals surface area contributed by atoms with Crippen LogP contribution in [0, 0.1) is 6.92 Å². The summed E-state index contributed by atoms with van der Waals surface area (Å²) in [5, 5.41) is 0. The summed E-state index contributed by atoms with van der Waals surface area (Å²) in [4.78, 5) is 16.7. The number of carbonyl (C=O) groups is 1. The van der Waals surface area contributed by atoms with E-state index in [-0.39, 0.29) is 5.78 Å². The first-order valence-electron chi connectivity index (χ1n) is 6.47. The van der Waals surface area contributed by atoms with E-state index < -0.39 is 0 Å². The molecule has 2 aromatic rings. The Morgan fingerprint density at radius 3 is 2.55 bits per heavy atom. The van der Waals surface area contributed by atoms with Gasteiger partial charge in [-0.2, -0.15) is 5.90 Å². The van der Waals surface area contributed by atoms with E-state index in [1.165, 1.54) is 0 Å². The number of nitrogens with two attached hydrogens (primary N) is 2. The number of ketones is 1. The van der Waals surface area contributed by atoms with E-state index in [2.05, 4.69) is 0 Å². The summed E-state index contributed by atoms with van der Waals surface area (Å²) in [5.74, 6) is 5.61. The van der Waals surface area contributed by atoms with Crippen molar-refractivity contribution in [1.82, 2.24) is 0 Å². The number of hydrogen-bond donors (Lipinski definition) is 2. The summed E-state index contributed by atoms with van der Waals surface area (Å²) >= 11 is 0. The molecule has 0 radical (unpaired) electrons. The maximum Gasteiger partial charge on any atom is 0.166 e. The zero-order chi connectivity index (χ0) is 14.7. The first kappa shape index (κ1) is 14.1. The molecule has 0 spiro atoms. The molecule has 0 bridgehead atoms. The number of carbonyl (C=O) groups excluding carboxylic acids is 1. The molecule has 0 aromatic heterocycles. The van der Waals surface area contributed by atoms with Gasteiger partial charge in [0.05, 0.1) is 5.56 Å². The third kappa shape index (κ3) is 2.65. The quantitative estimate of drug-likeness (QED) is 0.508. The maximum atomic E-state index is 12.0. The van der Waals surface area contributed by atoms with E-state index in [1.54, 1.807) is 6.07 Å². The highest BCUT2D eigenvalue weighted by molar-refractivity contribution is 5.99. The van der Waals surface area contributed by atoms with Gasteiger partial charge in [0.25, 0.3) is 0 Å². The zero-order valence-electron chi connectivity index (χ0n) is 11.6. The van der Waals surface area contributed by atoms with Crippen molar-refractivity contribution in [1.29, 1.82) is 0 Å². The lowest BCUT2D eigenvalue weighted by atomic mass is 9.96. The van der Waals surface area contributed by atoms with Gasteiger partial charge in [-0.05, 0) is 47.9 Å². The summed E-state index contributed by atoms with van der Waals surface area (Å²) in [6, 6.07) is 11.1. The lowest BCUT2D eigenvalue weighted by Crippen LogP contribution is -2.08. The molecule has 0 aliphatic heterocycles. The van der Waals surface area contributed by atoms with Crippen molar-refractivity contribution >= 4 is 11.5 Å². The van der Waals surface area contributed by atoms with Crippen molar-refractivity contribution in [2.75, 3.05) is 5.73 Å². The van der Waals surface area contributed by atoms with Gasteiger partial charge < -0.3 is 10.6 Å². The molecule has 20 heavy (non-hydrogen) atoms. The van der Waals surface area contributed by atoms with Crippen LogP contribution in [0.5, 0.6) is 5.75 Å². The topological polar surface area (TPSA) is 78.3 Å². The average molecular weight is 270 g/mol. The molecule has 4 heteroatoms. The minimum Gasteiger partial charge on any atom is -0.411 e. The Balaban J connectivity index is 2.55. The van der Waals surface area contributed by atoms with Gasteiger partial charge in [-0.3, -0.25) is 4.79 Å². The smallest absolute Gasteiger partial charge is 0.166 e. The molecular formula is C16H18N2O2. The highest BCUT2D eigenvalue weighted by atomic mass is 16.6. The third-order valence-electron chi connectivity index (χ3n) is 3.29. The monoisotopic (exact) mass is 270 g/mol. The van der Waals surface area contributed by atoms with Crippen molar-refractivity contribution in [2.45, 2.75) is 20.3 Å². The Bertz CT molecular complexity index is 651. The van der Waals surface area contributed by atoms with Crippen LogP contribution in [0.3, 0.4) is 0 Å². The highest BCUT2D eigenvalue weighted by Crippen LogP contribution is 2.30. The van der Waals surface area contributed by atoms with Gasteiger partial charge >= 0.3 is 0 Å². The number of hydrogen-bond acceptors (Lipinski definition) is 4. The second-order valence-electron chi connectivity index (χ2n) is 4.68. The van der Waals surface area contributed by atoms with Crippen molar-refractivity contribution in [3.05, 3.63) is 47.5 Å². The molecule has 2 rings (SSSR count). The number of nitrogen functional groups attached to an aromatic ring is 1. The molecule has 0 fully saturated rings. The summed E-state index contributed by atoms with van der Waals surface area (Å²) in [6.07, 6.45) is 0.403. The van der Waals surface area contributed by atoms with Gasteiger partial charge in [-0.25, -0.2) is 0 Å². The molecule has 104 valence electrons. The number of benzene rings is 2. The molecule has 4 nitrogen and oxygen atoms in total.